The number of hydrogen-bond donors (Lipinski definition) is 0. The summed E-state index contributed by atoms with van der Waals surface area (Å²) in [5.74, 6) is -0.867. The molecule has 2 rings (SSSR count). The van der Waals surface area contributed by atoms with Gasteiger partial charge in [-0.1, -0.05) is 11.6 Å². The van der Waals surface area contributed by atoms with Crippen molar-refractivity contribution < 1.29 is 17.9 Å². The number of hydrogen-bond acceptors (Lipinski definition) is 5. The largest absolute Gasteiger partial charge is 0.377 e. The van der Waals surface area contributed by atoms with E-state index in [1.165, 1.54) is 0 Å². The van der Waals surface area contributed by atoms with Gasteiger partial charge in [0.1, 0.15) is 5.75 Å². The number of sulfone groups is 1. The Kier molecular flexibility index (Phi) is 4.11. The van der Waals surface area contributed by atoms with E-state index in [0.717, 1.165) is 11.3 Å². The third-order valence-electron chi connectivity index (χ3n) is 2.95. The van der Waals surface area contributed by atoms with E-state index in [-0.39, 0.29) is 6.10 Å². The zero-order valence-corrected chi connectivity index (χ0v) is 12.1. The second-order valence-corrected chi connectivity index (χ2v) is 8.17. The highest BCUT2D eigenvalue weighted by Gasteiger charge is 2.37. The first-order chi connectivity index (χ1) is 8.40. The van der Waals surface area contributed by atoms with Crippen molar-refractivity contribution in [1.82, 2.24) is 0 Å². The zero-order valence-electron chi connectivity index (χ0n) is 9.76. The lowest BCUT2D eigenvalue weighted by atomic mass is 10.3. The maximum Gasteiger partial charge on any atom is 0.187 e. The van der Waals surface area contributed by atoms with Gasteiger partial charge in [0, 0.05) is 6.61 Å². The fraction of sp³-hybridized carbons (Fsp3) is 0.545. The smallest absolute Gasteiger partial charge is 0.187 e. The summed E-state index contributed by atoms with van der Waals surface area (Å²) >= 11 is 6.82. The molecule has 4 nitrogen and oxygen atoms in total. The molecule has 1 aromatic rings. The molecule has 0 radical (unpaired) electrons. The summed E-state index contributed by atoms with van der Waals surface area (Å²) in [5, 5.41) is -0.572. The van der Waals surface area contributed by atoms with E-state index >= 15 is 0 Å². The minimum absolute atomic E-state index is 0.338. The molecule has 0 saturated carbocycles. The predicted octanol–water partition coefficient (Wildman–Crippen LogP) is 2.18. The average molecular weight is 309 g/mol. The number of ether oxygens (including phenoxy) is 1. The topological polar surface area (TPSA) is 60.4 Å². The molecule has 0 aromatic carbocycles. The lowest BCUT2D eigenvalue weighted by molar-refractivity contribution is 0.102. The summed E-state index contributed by atoms with van der Waals surface area (Å²) < 4.78 is 29.9. The van der Waals surface area contributed by atoms with E-state index in [0.29, 0.717) is 22.2 Å². The van der Waals surface area contributed by atoms with Crippen LogP contribution in [0.15, 0.2) is 12.1 Å². The Balaban J connectivity index is 2.11. The van der Waals surface area contributed by atoms with Crippen molar-refractivity contribution in [3.63, 3.8) is 0 Å². The number of rotatable bonds is 4. The maximum absolute atomic E-state index is 12.1. The van der Waals surface area contributed by atoms with Crippen LogP contribution in [0.2, 0.25) is 4.34 Å². The van der Waals surface area contributed by atoms with Gasteiger partial charge in [-0.3, -0.25) is 4.79 Å². The van der Waals surface area contributed by atoms with Crippen molar-refractivity contribution in [1.29, 1.82) is 0 Å². The molecule has 1 aliphatic rings. The highest BCUT2D eigenvalue weighted by molar-refractivity contribution is 7.92. The minimum atomic E-state index is -3.46. The lowest BCUT2D eigenvalue weighted by Crippen LogP contribution is -2.32. The molecule has 2 heterocycles. The maximum atomic E-state index is 12.1. The van der Waals surface area contributed by atoms with Gasteiger partial charge in [0.05, 0.1) is 20.6 Å². The average Bonchev–Trinajstić information content (AvgIpc) is 2.86. The van der Waals surface area contributed by atoms with Crippen LogP contribution >= 0.6 is 22.9 Å². The van der Waals surface area contributed by atoms with Crippen molar-refractivity contribution in [2.24, 2.45) is 0 Å². The molecule has 2 atom stereocenters. The molecule has 1 aromatic heterocycles. The first-order valence-electron chi connectivity index (χ1n) is 5.52. The molecule has 1 fully saturated rings. The van der Waals surface area contributed by atoms with Crippen LogP contribution in [0.1, 0.15) is 23.0 Å². The molecule has 0 bridgehead atoms. The van der Waals surface area contributed by atoms with Crippen LogP contribution in [0.4, 0.5) is 0 Å². The Morgan fingerprint density at radius 2 is 2.28 bits per heavy atom. The van der Waals surface area contributed by atoms with Crippen LogP contribution in [-0.2, 0) is 14.6 Å². The first kappa shape index (κ1) is 14.0. The number of carbonyl (C=O) groups is 1. The summed E-state index contributed by atoms with van der Waals surface area (Å²) in [6.07, 6.45) is 0.122. The van der Waals surface area contributed by atoms with Gasteiger partial charge >= 0.3 is 0 Å². The Bertz CT molecular complexity index is 549. The van der Waals surface area contributed by atoms with E-state index in [9.17, 15) is 13.2 Å². The lowest BCUT2D eigenvalue weighted by Gasteiger charge is -2.13. The molecule has 2 unspecified atom stereocenters. The third kappa shape index (κ3) is 2.93. The van der Waals surface area contributed by atoms with Crippen molar-refractivity contribution >= 4 is 38.6 Å². The fourth-order valence-corrected chi connectivity index (χ4v) is 4.93. The first-order valence-corrected chi connectivity index (χ1v) is 8.43. The van der Waals surface area contributed by atoms with Crippen molar-refractivity contribution in [3.8, 4) is 0 Å². The summed E-state index contributed by atoms with van der Waals surface area (Å²) in [5.41, 5.74) is 0. The van der Waals surface area contributed by atoms with Crippen LogP contribution in [0.3, 0.4) is 0 Å². The Labute approximate surface area is 115 Å². The van der Waals surface area contributed by atoms with E-state index in [1.807, 2.05) is 0 Å². The molecule has 0 aliphatic carbocycles. The van der Waals surface area contributed by atoms with Gasteiger partial charge in [-0.15, -0.1) is 11.3 Å². The van der Waals surface area contributed by atoms with Gasteiger partial charge < -0.3 is 4.74 Å². The van der Waals surface area contributed by atoms with Gasteiger partial charge in [-0.2, -0.15) is 0 Å². The van der Waals surface area contributed by atoms with Crippen molar-refractivity contribution in [2.75, 3.05) is 12.4 Å². The summed E-state index contributed by atoms with van der Waals surface area (Å²) in [6, 6.07) is 3.15. The highest BCUT2D eigenvalue weighted by Crippen LogP contribution is 2.25. The Morgan fingerprint density at radius 3 is 2.78 bits per heavy atom. The number of carbonyl (C=O) groups excluding carboxylic acids is 1. The van der Waals surface area contributed by atoms with Gasteiger partial charge in [0.2, 0.25) is 0 Å². The molecule has 0 amide bonds. The molecule has 7 heteroatoms. The molecule has 18 heavy (non-hydrogen) atoms. The normalized spacial score (nSPS) is 24.3. The van der Waals surface area contributed by atoms with Crippen LogP contribution in [0.5, 0.6) is 0 Å². The second kappa shape index (κ2) is 5.28. The van der Waals surface area contributed by atoms with E-state index in [1.54, 1.807) is 19.1 Å². The van der Waals surface area contributed by atoms with Gasteiger partial charge in [0.25, 0.3) is 0 Å². The van der Waals surface area contributed by atoms with Crippen LogP contribution in [0, 0.1) is 0 Å². The van der Waals surface area contributed by atoms with Gasteiger partial charge in [0.15, 0.2) is 15.6 Å². The quantitative estimate of drug-likeness (QED) is 0.800. The van der Waals surface area contributed by atoms with Gasteiger partial charge in [-0.05, 0) is 25.5 Å². The molecular weight excluding hydrogens is 296 g/mol. The summed E-state index contributed by atoms with van der Waals surface area (Å²) in [4.78, 5) is 12.3. The molecule has 0 spiro atoms. The standard InChI is InChI=1S/C11H13ClO4S2/c1-7-10(4-5-16-7)18(14,15)6-8(13)9-2-3-11(12)17-9/h2-3,7,10H,4-6H2,1H3. The van der Waals surface area contributed by atoms with Crippen LogP contribution in [-0.4, -0.2) is 37.9 Å². The van der Waals surface area contributed by atoms with Crippen LogP contribution < -0.4 is 0 Å². The highest BCUT2D eigenvalue weighted by atomic mass is 35.5. The van der Waals surface area contributed by atoms with Crippen LogP contribution in [0.25, 0.3) is 0 Å². The summed E-state index contributed by atoms with van der Waals surface area (Å²) in [6.45, 7) is 2.16. The monoisotopic (exact) mass is 308 g/mol. The SMILES string of the molecule is CC1OCCC1S(=O)(=O)CC(=O)c1ccc(Cl)s1. The number of Topliss-reactive ketones (excluding diaryl/α,β-unsaturated/α-hetero) is 1. The molecule has 1 saturated heterocycles. The second-order valence-electron chi connectivity index (χ2n) is 4.24. The Hall–Kier alpha value is -0.430. The predicted molar refractivity (Wildman–Crippen MR) is 71.3 cm³/mol. The van der Waals surface area contributed by atoms with E-state index in [2.05, 4.69) is 0 Å². The summed E-state index contributed by atoms with van der Waals surface area (Å²) in [7, 11) is -3.46. The van der Waals surface area contributed by atoms with Crippen molar-refractivity contribution in [3.05, 3.63) is 21.3 Å². The molecule has 100 valence electrons. The van der Waals surface area contributed by atoms with Crippen molar-refractivity contribution in [2.45, 2.75) is 24.7 Å². The third-order valence-corrected chi connectivity index (χ3v) is 6.43. The molecule has 0 N–H and O–H groups in total. The molecular formula is C11H13ClO4S2. The fourth-order valence-electron chi connectivity index (χ4n) is 2.01. The Morgan fingerprint density at radius 1 is 1.56 bits per heavy atom. The van der Waals surface area contributed by atoms with E-state index in [4.69, 9.17) is 16.3 Å². The zero-order chi connectivity index (χ0) is 13.3. The number of thiophene rings is 1. The van der Waals surface area contributed by atoms with Gasteiger partial charge in [-0.25, -0.2) is 8.42 Å². The molecule has 1 aliphatic heterocycles. The minimum Gasteiger partial charge on any atom is -0.377 e. The van der Waals surface area contributed by atoms with E-state index < -0.39 is 26.6 Å². The number of halogens is 1. The number of ketones is 1.